The number of hydrazone groups is 1. The molecule has 1 atom stereocenters. The minimum atomic E-state index is -0.728. The van der Waals surface area contributed by atoms with Crippen LogP contribution in [0.25, 0.3) is 11.4 Å². The number of hydrogen-bond acceptors (Lipinski definition) is 9. The number of pyridine rings is 1. The molecule has 1 amide bonds. The number of carbonyl (C=O) groups excluding carboxylic acids is 2. The Balaban J connectivity index is 1.30. The van der Waals surface area contributed by atoms with Gasteiger partial charge in [-0.1, -0.05) is 23.4 Å². The maximum atomic E-state index is 12.4. The third-order valence-corrected chi connectivity index (χ3v) is 4.65. The summed E-state index contributed by atoms with van der Waals surface area (Å²) in [5.41, 5.74) is 7.08. The minimum absolute atomic E-state index is 0.0984. The first kappa shape index (κ1) is 20.2. The Labute approximate surface area is 177 Å². The molecule has 1 aromatic carbocycles. The number of primary amides is 1. The SMILES string of the molecule is NC(=O)C1CC(C(=O)OCCCc2nc(-c3cccnc3)no2)=NN1c1ccccc1. The molecular weight excluding hydrogens is 400 g/mol. The van der Waals surface area contributed by atoms with Crippen molar-refractivity contribution < 1.29 is 18.8 Å². The van der Waals surface area contributed by atoms with Crippen molar-refractivity contribution in [2.75, 3.05) is 11.6 Å². The summed E-state index contributed by atoms with van der Waals surface area (Å²) < 4.78 is 10.5. The molecule has 1 unspecified atom stereocenters. The third-order valence-electron chi connectivity index (χ3n) is 4.65. The van der Waals surface area contributed by atoms with E-state index in [2.05, 4.69) is 20.2 Å². The average Bonchev–Trinajstić information content (AvgIpc) is 3.46. The van der Waals surface area contributed by atoms with Crippen LogP contribution >= 0.6 is 0 Å². The highest BCUT2D eigenvalue weighted by Gasteiger charge is 2.35. The number of carbonyl (C=O) groups is 2. The predicted molar refractivity (Wildman–Crippen MR) is 111 cm³/mol. The van der Waals surface area contributed by atoms with Gasteiger partial charge in [-0.2, -0.15) is 10.1 Å². The number of amides is 1. The van der Waals surface area contributed by atoms with E-state index in [0.717, 1.165) is 5.56 Å². The Morgan fingerprint density at radius 2 is 2.03 bits per heavy atom. The minimum Gasteiger partial charge on any atom is -0.461 e. The molecule has 1 aliphatic rings. The van der Waals surface area contributed by atoms with Crippen molar-refractivity contribution in [1.29, 1.82) is 0 Å². The lowest BCUT2D eigenvalue weighted by Gasteiger charge is -2.20. The molecule has 0 radical (unpaired) electrons. The molecule has 2 aromatic heterocycles. The molecule has 3 heterocycles. The third kappa shape index (κ3) is 4.74. The number of rotatable bonds is 8. The number of nitrogens with zero attached hydrogens (tertiary/aromatic N) is 5. The topological polar surface area (TPSA) is 137 Å². The Hall–Kier alpha value is -4.08. The molecular formula is C21H20N6O4. The maximum Gasteiger partial charge on any atom is 0.354 e. The van der Waals surface area contributed by atoms with Gasteiger partial charge in [0, 0.05) is 30.8 Å². The number of aromatic nitrogens is 3. The molecule has 10 heteroatoms. The van der Waals surface area contributed by atoms with Crippen LogP contribution in [0.3, 0.4) is 0 Å². The molecule has 0 saturated carbocycles. The molecule has 0 saturated heterocycles. The van der Waals surface area contributed by atoms with Crippen LogP contribution < -0.4 is 10.7 Å². The van der Waals surface area contributed by atoms with E-state index in [0.29, 0.717) is 30.2 Å². The average molecular weight is 420 g/mol. The first-order valence-electron chi connectivity index (χ1n) is 9.73. The maximum absolute atomic E-state index is 12.4. The molecule has 4 rings (SSSR count). The fourth-order valence-electron chi connectivity index (χ4n) is 3.11. The van der Waals surface area contributed by atoms with Gasteiger partial charge in [-0.3, -0.25) is 14.8 Å². The van der Waals surface area contributed by atoms with E-state index in [1.54, 1.807) is 30.6 Å². The van der Waals surface area contributed by atoms with Crippen molar-refractivity contribution in [2.45, 2.75) is 25.3 Å². The monoisotopic (exact) mass is 420 g/mol. The van der Waals surface area contributed by atoms with E-state index in [9.17, 15) is 9.59 Å². The van der Waals surface area contributed by atoms with Crippen LogP contribution in [0.2, 0.25) is 0 Å². The van der Waals surface area contributed by atoms with Crippen molar-refractivity contribution in [3.8, 4) is 11.4 Å². The fraction of sp³-hybridized carbons (Fsp3) is 0.238. The van der Waals surface area contributed by atoms with E-state index < -0.39 is 17.9 Å². The Morgan fingerprint density at radius 3 is 2.77 bits per heavy atom. The lowest BCUT2D eigenvalue weighted by molar-refractivity contribution is -0.135. The summed E-state index contributed by atoms with van der Waals surface area (Å²) in [6.07, 6.45) is 4.36. The number of esters is 1. The van der Waals surface area contributed by atoms with Crippen LogP contribution in [0.15, 0.2) is 64.5 Å². The van der Waals surface area contributed by atoms with Gasteiger partial charge >= 0.3 is 5.97 Å². The van der Waals surface area contributed by atoms with Crippen LogP contribution in [0.1, 0.15) is 18.7 Å². The highest BCUT2D eigenvalue weighted by atomic mass is 16.5. The molecule has 0 spiro atoms. The van der Waals surface area contributed by atoms with Crippen molar-refractivity contribution in [2.24, 2.45) is 10.8 Å². The molecule has 0 fully saturated rings. The Morgan fingerprint density at radius 1 is 1.19 bits per heavy atom. The quantitative estimate of drug-likeness (QED) is 0.430. The van der Waals surface area contributed by atoms with E-state index in [1.807, 2.05) is 24.3 Å². The zero-order valence-corrected chi connectivity index (χ0v) is 16.5. The van der Waals surface area contributed by atoms with Crippen LogP contribution in [-0.2, 0) is 20.7 Å². The van der Waals surface area contributed by atoms with Crippen LogP contribution in [0, 0.1) is 0 Å². The van der Waals surface area contributed by atoms with E-state index in [4.69, 9.17) is 15.0 Å². The molecule has 1 aliphatic heterocycles. The highest BCUT2D eigenvalue weighted by Crippen LogP contribution is 2.24. The van der Waals surface area contributed by atoms with Gasteiger partial charge in [0.2, 0.25) is 17.6 Å². The molecule has 0 aliphatic carbocycles. The highest BCUT2D eigenvalue weighted by molar-refractivity contribution is 6.38. The second-order valence-electron chi connectivity index (χ2n) is 6.84. The summed E-state index contributed by atoms with van der Waals surface area (Å²) in [6, 6.07) is 12.0. The molecule has 158 valence electrons. The summed E-state index contributed by atoms with van der Waals surface area (Å²) in [6.45, 7) is 0.148. The summed E-state index contributed by atoms with van der Waals surface area (Å²) >= 11 is 0. The van der Waals surface area contributed by atoms with Crippen LogP contribution in [-0.4, -0.2) is 45.4 Å². The van der Waals surface area contributed by atoms with E-state index in [-0.39, 0.29) is 18.7 Å². The Kier molecular flexibility index (Phi) is 5.97. The van der Waals surface area contributed by atoms with Crippen molar-refractivity contribution in [1.82, 2.24) is 15.1 Å². The standard InChI is InChI=1S/C21H20N6O4/c22-19(28)17-12-16(25-27(17)15-7-2-1-3-8-15)21(29)30-11-5-9-18-24-20(26-31-18)14-6-4-10-23-13-14/h1-4,6-8,10,13,17H,5,9,11-12H2,(H2,22,28). The van der Waals surface area contributed by atoms with Gasteiger partial charge in [-0.25, -0.2) is 4.79 Å². The number of para-hydroxylation sites is 1. The second-order valence-corrected chi connectivity index (χ2v) is 6.84. The van der Waals surface area contributed by atoms with Gasteiger partial charge in [0.1, 0.15) is 11.8 Å². The second kappa shape index (κ2) is 9.16. The lowest BCUT2D eigenvalue weighted by Crippen LogP contribution is -2.39. The molecule has 2 N–H and O–H groups in total. The number of hydrogen-bond donors (Lipinski definition) is 1. The predicted octanol–water partition coefficient (Wildman–Crippen LogP) is 1.73. The van der Waals surface area contributed by atoms with Gasteiger partial charge in [-0.15, -0.1) is 0 Å². The number of nitrogens with two attached hydrogens (primary N) is 1. The first-order chi connectivity index (χ1) is 15.1. The van der Waals surface area contributed by atoms with Gasteiger partial charge in [0.05, 0.1) is 12.3 Å². The number of benzene rings is 1. The van der Waals surface area contributed by atoms with E-state index >= 15 is 0 Å². The van der Waals surface area contributed by atoms with E-state index in [1.165, 1.54) is 5.01 Å². The summed E-state index contributed by atoms with van der Waals surface area (Å²) in [7, 11) is 0. The zero-order chi connectivity index (χ0) is 21.6. The Bertz CT molecular complexity index is 1080. The van der Waals surface area contributed by atoms with Crippen molar-refractivity contribution >= 4 is 23.3 Å². The van der Waals surface area contributed by atoms with Crippen LogP contribution in [0.5, 0.6) is 0 Å². The van der Waals surface area contributed by atoms with Gasteiger partial charge in [-0.05, 0) is 30.7 Å². The van der Waals surface area contributed by atoms with Gasteiger partial charge in [0.15, 0.2) is 0 Å². The number of ether oxygens (including phenoxy) is 1. The van der Waals surface area contributed by atoms with Crippen molar-refractivity contribution in [3.63, 3.8) is 0 Å². The van der Waals surface area contributed by atoms with Gasteiger partial charge in [0.25, 0.3) is 0 Å². The molecule has 0 bridgehead atoms. The number of aryl methyl sites for hydroxylation is 1. The van der Waals surface area contributed by atoms with Crippen LogP contribution in [0.4, 0.5) is 5.69 Å². The summed E-state index contributed by atoms with van der Waals surface area (Å²) in [5.74, 6) is -0.237. The summed E-state index contributed by atoms with van der Waals surface area (Å²) in [4.78, 5) is 32.5. The smallest absolute Gasteiger partial charge is 0.354 e. The molecule has 31 heavy (non-hydrogen) atoms. The van der Waals surface area contributed by atoms with Crippen molar-refractivity contribution in [3.05, 3.63) is 60.7 Å². The lowest BCUT2D eigenvalue weighted by atomic mass is 10.1. The summed E-state index contributed by atoms with van der Waals surface area (Å²) in [5, 5.41) is 9.64. The normalized spacial score (nSPS) is 15.5. The van der Waals surface area contributed by atoms with Gasteiger partial charge < -0.3 is 15.0 Å². The molecule has 3 aromatic rings. The first-order valence-corrected chi connectivity index (χ1v) is 9.73. The number of anilines is 1. The molecule has 10 nitrogen and oxygen atoms in total. The zero-order valence-electron chi connectivity index (χ0n) is 16.5. The fourth-order valence-corrected chi connectivity index (χ4v) is 3.11. The largest absolute Gasteiger partial charge is 0.461 e.